The lowest BCUT2D eigenvalue weighted by Crippen LogP contribution is -2.31. The van der Waals surface area contributed by atoms with Gasteiger partial charge in [0.05, 0.1) is 6.04 Å². The van der Waals surface area contributed by atoms with Crippen LogP contribution in [-0.2, 0) is 0 Å². The zero-order chi connectivity index (χ0) is 14.7. The Kier molecular flexibility index (Phi) is 4.49. The van der Waals surface area contributed by atoms with Crippen LogP contribution in [-0.4, -0.2) is 49.3 Å². The lowest BCUT2D eigenvalue weighted by molar-refractivity contribution is 0.191. The molecule has 110 valence electrons. The van der Waals surface area contributed by atoms with Crippen LogP contribution in [0.5, 0.6) is 0 Å². The number of carboxylic acid groups (broad SMARTS) is 1. The summed E-state index contributed by atoms with van der Waals surface area (Å²) in [5, 5.41) is 11.3. The summed E-state index contributed by atoms with van der Waals surface area (Å²) in [6, 6.07) is 8.53. The first kappa shape index (κ1) is 14.7. The number of nitrogens with zero attached hydrogens (tertiary/aromatic N) is 2. The molecule has 0 bridgehead atoms. The van der Waals surface area contributed by atoms with Gasteiger partial charge in [-0.25, -0.2) is 4.79 Å². The van der Waals surface area contributed by atoms with Crippen LogP contribution < -0.4 is 10.2 Å². The van der Waals surface area contributed by atoms with E-state index in [9.17, 15) is 4.79 Å². The van der Waals surface area contributed by atoms with Gasteiger partial charge >= 0.3 is 6.09 Å². The molecule has 20 heavy (non-hydrogen) atoms. The molecule has 1 amide bonds. The van der Waals surface area contributed by atoms with Crippen molar-refractivity contribution in [2.45, 2.75) is 25.4 Å². The third kappa shape index (κ3) is 3.42. The van der Waals surface area contributed by atoms with E-state index in [2.05, 4.69) is 41.3 Å². The van der Waals surface area contributed by atoms with E-state index in [1.54, 1.807) is 0 Å². The zero-order valence-electron chi connectivity index (χ0n) is 12.3. The summed E-state index contributed by atoms with van der Waals surface area (Å²) in [6.07, 6.45) is 0.178. The van der Waals surface area contributed by atoms with E-state index in [4.69, 9.17) is 5.11 Å². The molecule has 5 heteroatoms. The van der Waals surface area contributed by atoms with Crippen LogP contribution in [0.4, 0.5) is 10.5 Å². The quantitative estimate of drug-likeness (QED) is 0.885. The van der Waals surface area contributed by atoms with Crippen molar-refractivity contribution in [3.63, 3.8) is 0 Å². The summed E-state index contributed by atoms with van der Waals surface area (Å²) in [4.78, 5) is 15.3. The van der Waals surface area contributed by atoms with Crippen LogP contribution >= 0.6 is 0 Å². The summed E-state index contributed by atoms with van der Waals surface area (Å²) < 4.78 is 0. The van der Waals surface area contributed by atoms with Gasteiger partial charge in [0.15, 0.2) is 0 Å². The summed E-state index contributed by atoms with van der Waals surface area (Å²) >= 11 is 0. The van der Waals surface area contributed by atoms with Gasteiger partial charge in [-0.3, -0.25) is 0 Å². The number of carbonyl (C=O) groups is 1. The first-order valence-electron chi connectivity index (χ1n) is 6.98. The van der Waals surface area contributed by atoms with Crippen LogP contribution in [0.15, 0.2) is 24.3 Å². The summed E-state index contributed by atoms with van der Waals surface area (Å²) in [5.74, 6) is 0. The molecule has 1 aliphatic heterocycles. The van der Waals surface area contributed by atoms with Crippen LogP contribution in [0.1, 0.15) is 24.9 Å². The van der Waals surface area contributed by atoms with Crippen molar-refractivity contribution >= 4 is 11.8 Å². The van der Waals surface area contributed by atoms with E-state index in [1.165, 1.54) is 12.1 Å². The number of likely N-dealkylation sites (N-methyl/N-ethyl adjacent to an activating group) is 1. The highest BCUT2D eigenvalue weighted by Gasteiger charge is 2.24. The first-order chi connectivity index (χ1) is 9.47. The molecule has 1 fully saturated rings. The van der Waals surface area contributed by atoms with Gasteiger partial charge in [0, 0.05) is 24.8 Å². The van der Waals surface area contributed by atoms with Crippen molar-refractivity contribution in [1.82, 2.24) is 10.2 Å². The highest BCUT2D eigenvalue weighted by molar-refractivity contribution is 5.65. The number of nitrogens with one attached hydrogen (secondary N) is 1. The van der Waals surface area contributed by atoms with E-state index in [1.807, 2.05) is 19.1 Å². The van der Waals surface area contributed by atoms with Crippen molar-refractivity contribution in [1.29, 1.82) is 0 Å². The summed E-state index contributed by atoms with van der Waals surface area (Å²) in [5.41, 5.74) is 2.17. The minimum absolute atomic E-state index is 0.195. The number of benzene rings is 1. The molecule has 1 heterocycles. The Morgan fingerprint density at radius 1 is 1.50 bits per heavy atom. The molecule has 0 spiro atoms. The predicted octanol–water partition coefficient (Wildman–Crippen LogP) is 2.16. The molecule has 0 aliphatic carbocycles. The van der Waals surface area contributed by atoms with E-state index >= 15 is 0 Å². The van der Waals surface area contributed by atoms with Gasteiger partial charge in [-0.2, -0.15) is 0 Å². The predicted molar refractivity (Wildman–Crippen MR) is 80.3 cm³/mol. The monoisotopic (exact) mass is 277 g/mol. The van der Waals surface area contributed by atoms with E-state index < -0.39 is 6.09 Å². The fourth-order valence-corrected chi connectivity index (χ4v) is 2.66. The Hall–Kier alpha value is -1.75. The van der Waals surface area contributed by atoms with Gasteiger partial charge in [-0.05, 0) is 45.1 Å². The first-order valence-corrected chi connectivity index (χ1v) is 6.98. The van der Waals surface area contributed by atoms with Gasteiger partial charge in [0.2, 0.25) is 0 Å². The smallest absolute Gasteiger partial charge is 0.405 e. The number of hydrogen-bond donors (Lipinski definition) is 2. The number of anilines is 1. The fourth-order valence-electron chi connectivity index (χ4n) is 2.66. The molecule has 0 aromatic heterocycles. The Labute approximate surface area is 120 Å². The third-order valence-corrected chi connectivity index (χ3v) is 3.97. The molecular weight excluding hydrogens is 254 g/mol. The van der Waals surface area contributed by atoms with Gasteiger partial charge in [0.25, 0.3) is 0 Å². The highest BCUT2D eigenvalue weighted by atomic mass is 16.4. The average Bonchev–Trinajstić information content (AvgIpc) is 2.88. The lowest BCUT2D eigenvalue weighted by atomic mass is 10.1. The minimum atomic E-state index is -0.989. The minimum Gasteiger partial charge on any atom is -0.465 e. The van der Waals surface area contributed by atoms with Gasteiger partial charge in [0.1, 0.15) is 0 Å². The molecule has 2 unspecified atom stereocenters. The van der Waals surface area contributed by atoms with Gasteiger partial charge in [-0.1, -0.05) is 12.1 Å². The molecule has 1 aliphatic rings. The van der Waals surface area contributed by atoms with Gasteiger partial charge < -0.3 is 20.2 Å². The standard InChI is InChI=1S/C15H23N3O2/c1-11(16-15(19)20)12-5-4-6-13(9-12)18-8-7-14(10-18)17(2)3/h4-6,9,11,14,16H,7-8,10H2,1-3H3,(H,19,20). The van der Waals surface area contributed by atoms with Crippen LogP contribution in [0.2, 0.25) is 0 Å². The van der Waals surface area contributed by atoms with E-state index in [0.717, 1.165) is 18.7 Å². The molecule has 0 radical (unpaired) electrons. The van der Waals surface area contributed by atoms with Crippen molar-refractivity contribution in [3.8, 4) is 0 Å². The molecule has 1 aromatic rings. The Morgan fingerprint density at radius 2 is 2.25 bits per heavy atom. The maximum Gasteiger partial charge on any atom is 0.405 e. The van der Waals surface area contributed by atoms with Crippen LogP contribution in [0, 0.1) is 0 Å². The van der Waals surface area contributed by atoms with Crippen LogP contribution in [0.25, 0.3) is 0 Å². The van der Waals surface area contributed by atoms with Crippen molar-refractivity contribution in [2.75, 3.05) is 32.1 Å². The maximum absolute atomic E-state index is 10.7. The Balaban J connectivity index is 2.08. The molecule has 2 N–H and O–H groups in total. The zero-order valence-corrected chi connectivity index (χ0v) is 12.3. The second-order valence-electron chi connectivity index (χ2n) is 5.62. The molecule has 2 atom stereocenters. The van der Waals surface area contributed by atoms with Gasteiger partial charge in [-0.15, -0.1) is 0 Å². The molecule has 1 saturated heterocycles. The molecular formula is C15H23N3O2. The largest absolute Gasteiger partial charge is 0.465 e. The Morgan fingerprint density at radius 3 is 2.85 bits per heavy atom. The van der Waals surface area contributed by atoms with E-state index in [-0.39, 0.29) is 6.04 Å². The Bertz CT molecular complexity index is 476. The number of hydrogen-bond acceptors (Lipinski definition) is 3. The summed E-state index contributed by atoms with van der Waals surface area (Å²) in [7, 11) is 4.23. The second kappa shape index (κ2) is 6.13. The van der Waals surface area contributed by atoms with Crippen molar-refractivity contribution in [2.24, 2.45) is 0 Å². The lowest BCUT2D eigenvalue weighted by Gasteiger charge is -2.23. The molecule has 1 aromatic carbocycles. The summed E-state index contributed by atoms with van der Waals surface area (Å²) in [6.45, 7) is 3.93. The number of rotatable bonds is 4. The SMILES string of the molecule is CC(NC(=O)O)c1cccc(N2CCC(N(C)C)C2)c1. The fraction of sp³-hybridized carbons (Fsp3) is 0.533. The third-order valence-electron chi connectivity index (χ3n) is 3.97. The average molecular weight is 277 g/mol. The normalized spacial score (nSPS) is 20.2. The van der Waals surface area contributed by atoms with E-state index in [0.29, 0.717) is 6.04 Å². The van der Waals surface area contributed by atoms with Crippen LogP contribution in [0.3, 0.4) is 0 Å². The topological polar surface area (TPSA) is 55.8 Å². The molecule has 5 nitrogen and oxygen atoms in total. The van der Waals surface area contributed by atoms with Crippen molar-refractivity contribution in [3.05, 3.63) is 29.8 Å². The highest BCUT2D eigenvalue weighted by Crippen LogP contribution is 2.25. The molecule has 0 saturated carbocycles. The number of amides is 1. The second-order valence-corrected chi connectivity index (χ2v) is 5.62. The molecule has 2 rings (SSSR count). The maximum atomic E-state index is 10.7. The van der Waals surface area contributed by atoms with Crippen molar-refractivity contribution < 1.29 is 9.90 Å².